The lowest BCUT2D eigenvalue weighted by Gasteiger charge is -1.89. The summed E-state index contributed by atoms with van der Waals surface area (Å²) in [5.41, 5.74) is -0.178. The van der Waals surface area contributed by atoms with Crippen molar-refractivity contribution < 1.29 is 39.6 Å². The predicted molar refractivity (Wildman–Crippen MR) is 58.2 cm³/mol. The van der Waals surface area contributed by atoms with Gasteiger partial charge < -0.3 is 20.4 Å². The molecule has 0 aromatic carbocycles. The number of carbonyl (C=O) groups is 4. The molecule has 0 heterocycles. The van der Waals surface area contributed by atoms with E-state index in [0.717, 1.165) is 0 Å². The van der Waals surface area contributed by atoms with Gasteiger partial charge in [0, 0.05) is 24.5 Å². The van der Waals surface area contributed by atoms with Crippen molar-refractivity contribution in [3.63, 3.8) is 0 Å². The summed E-state index contributed by atoms with van der Waals surface area (Å²) in [6, 6.07) is 0. The van der Waals surface area contributed by atoms with Gasteiger partial charge in [-0.2, -0.15) is 0 Å². The fraction of sp³-hybridized carbons (Fsp3) is 0.400. The van der Waals surface area contributed by atoms with E-state index in [1.807, 2.05) is 0 Å². The van der Waals surface area contributed by atoms with Crippen LogP contribution in [0.3, 0.4) is 0 Å². The molecule has 0 amide bonds. The molecule has 4 N–H and O–H groups in total. The van der Waals surface area contributed by atoms with Crippen LogP contribution in [0.2, 0.25) is 0 Å². The first kappa shape index (κ1) is 18.0. The molecule has 0 aromatic rings. The normalized spacial score (nSPS) is 9.94. The second-order valence-corrected chi connectivity index (χ2v) is 3.11. The fourth-order valence-electron chi connectivity index (χ4n) is 0.638. The van der Waals surface area contributed by atoms with Crippen molar-refractivity contribution in [3.8, 4) is 0 Å². The first-order chi connectivity index (χ1) is 8.16. The Kier molecular flexibility index (Phi) is 9.82. The fourth-order valence-corrected chi connectivity index (χ4v) is 0.638. The van der Waals surface area contributed by atoms with E-state index >= 15 is 0 Å². The summed E-state index contributed by atoms with van der Waals surface area (Å²) in [6.45, 7) is 1.22. The molecule has 0 aliphatic heterocycles. The molecule has 18 heavy (non-hydrogen) atoms. The topological polar surface area (TPSA) is 149 Å². The van der Waals surface area contributed by atoms with Crippen LogP contribution in [-0.4, -0.2) is 44.3 Å². The smallest absolute Gasteiger partial charge is 0.331 e. The van der Waals surface area contributed by atoms with Crippen LogP contribution >= 0.6 is 0 Å². The molecule has 8 nitrogen and oxygen atoms in total. The first-order valence-electron chi connectivity index (χ1n) is 4.75. The van der Waals surface area contributed by atoms with E-state index in [1.165, 1.54) is 6.92 Å². The highest BCUT2D eigenvalue weighted by Gasteiger charge is 2.00. The summed E-state index contributed by atoms with van der Waals surface area (Å²) in [5, 5.41) is 32.2. The number of carboxylic acid groups (broad SMARTS) is 4. The number of aliphatic carboxylic acids is 4. The van der Waals surface area contributed by atoms with Gasteiger partial charge >= 0.3 is 23.9 Å². The van der Waals surface area contributed by atoms with Crippen LogP contribution in [0.1, 0.15) is 26.2 Å². The molecule has 102 valence electrons. The monoisotopic (exact) mass is 262 g/mol. The highest BCUT2D eigenvalue weighted by Crippen LogP contribution is 1.93. The van der Waals surface area contributed by atoms with E-state index < -0.39 is 23.9 Å². The molecule has 0 fully saturated rings. The Morgan fingerprint density at radius 3 is 1.44 bits per heavy atom. The van der Waals surface area contributed by atoms with E-state index in [2.05, 4.69) is 0 Å². The van der Waals surface area contributed by atoms with Crippen molar-refractivity contribution in [2.75, 3.05) is 0 Å². The summed E-state index contributed by atoms with van der Waals surface area (Å²) in [5.74, 6) is -4.35. The third-order valence-corrected chi connectivity index (χ3v) is 1.46. The van der Waals surface area contributed by atoms with Gasteiger partial charge in [0.2, 0.25) is 0 Å². The van der Waals surface area contributed by atoms with Crippen LogP contribution in [0.15, 0.2) is 11.6 Å². The minimum atomic E-state index is -1.24. The van der Waals surface area contributed by atoms with Crippen LogP contribution in [-0.2, 0) is 19.2 Å². The van der Waals surface area contributed by atoms with E-state index in [-0.39, 0.29) is 24.8 Å². The van der Waals surface area contributed by atoms with Crippen LogP contribution in [0.5, 0.6) is 0 Å². The van der Waals surface area contributed by atoms with Gasteiger partial charge in [-0.1, -0.05) is 0 Å². The second kappa shape index (κ2) is 9.82. The SMILES string of the molecule is C/C(=C\C(=O)O)C(=O)O.O=C(O)CCCC(=O)O. The van der Waals surface area contributed by atoms with Crippen LogP contribution in [0, 0.1) is 0 Å². The molecular formula is C10H14O8. The van der Waals surface area contributed by atoms with E-state index in [0.29, 0.717) is 6.08 Å². The minimum absolute atomic E-state index is 0.0632. The molecular weight excluding hydrogens is 248 g/mol. The molecule has 0 aliphatic carbocycles. The molecule has 0 rings (SSSR count). The summed E-state index contributed by atoms with van der Waals surface area (Å²) in [6.07, 6.45) is 0.728. The maximum atomic E-state index is 9.90. The Bertz CT molecular complexity index is 341. The Morgan fingerprint density at radius 1 is 0.889 bits per heavy atom. The van der Waals surface area contributed by atoms with Gasteiger partial charge in [-0.05, 0) is 13.3 Å². The molecule has 0 aliphatic rings. The van der Waals surface area contributed by atoms with Gasteiger partial charge in [0.15, 0.2) is 0 Å². The largest absolute Gasteiger partial charge is 0.481 e. The zero-order valence-corrected chi connectivity index (χ0v) is 9.62. The van der Waals surface area contributed by atoms with Gasteiger partial charge in [0.1, 0.15) is 0 Å². The summed E-state index contributed by atoms with van der Waals surface area (Å²) >= 11 is 0. The van der Waals surface area contributed by atoms with Crippen LogP contribution < -0.4 is 0 Å². The standard InChI is InChI=1S/C5H6O4.C5H8O4/c1-3(5(8)9)2-4(6)7;6-4(7)2-1-3-5(8)9/h2H,1H3,(H,6,7)(H,8,9);1-3H2,(H,6,7)(H,8,9)/b3-2+;. The van der Waals surface area contributed by atoms with E-state index in [9.17, 15) is 19.2 Å². The van der Waals surface area contributed by atoms with Gasteiger partial charge in [0.05, 0.1) is 0 Å². The minimum Gasteiger partial charge on any atom is -0.481 e. The highest BCUT2D eigenvalue weighted by molar-refractivity contribution is 5.93. The quantitative estimate of drug-likeness (QED) is 0.503. The average molecular weight is 262 g/mol. The molecule has 0 saturated carbocycles. The Balaban J connectivity index is 0. The summed E-state index contributed by atoms with van der Waals surface area (Å²) in [7, 11) is 0. The van der Waals surface area contributed by atoms with Gasteiger partial charge in [-0.15, -0.1) is 0 Å². The first-order valence-corrected chi connectivity index (χ1v) is 4.75. The second-order valence-electron chi connectivity index (χ2n) is 3.11. The van der Waals surface area contributed by atoms with Gasteiger partial charge in [0.25, 0.3) is 0 Å². The Morgan fingerprint density at radius 2 is 1.28 bits per heavy atom. The summed E-state index contributed by atoms with van der Waals surface area (Å²) < 4.78 is 0. The lowest BCUT2D eigenvalue weighted by molar-refractivity contribution is -0.139. The van der Waals surface area contributed by atoms with Crippen molar-refractivity contribution in [2.45, 2.75) is 26.2 Å². The van der Waals surface area contributed by atoms with Crippen molar-refractivity contribution in [1.82, 2.24) is 0 Å². The maximum absolute atomic E-state index is 9.90. The zero-order valence-electron chi connectivity index (χ0n) is 9.62. The molecule has 0 aromatic heterocycles. The Labute approximate surface area is 102 Å². The predicted octanol–water partition coefficient (Wildman–Crippen LogP) is 0.428. The molecule has 0 saturated heterocycles. The number of hydrogen-bond acceptors (Lipinski definition) is 4. The molecule has 0 radical (unpaired) electrons. The van der Waals surface area contributed by atoms with E-state index in [1.54, 1.807) is 0 Å². The molecule has 8 heteroatoms. The van der Waals surface area contributed by atoms with Crippen LogP contribution in [0.25, 0.3) is 0 Å². The van der Waals surface area contributed by atoms with Crippen LogP contribution in [0.4, 0.5) is 0 Å². The zero-order chi connectivity index (χ0) is 14.7. The average Bonchev–Trinajstić information content (AvgIpc) is 2.15. The molecule has 0 bridgehead atoms. The van der Waals surface area contributed by atoms with Crippen molar-refractivity contribution in [2.24, 2.45) is 0 Å². The lowest BCUT2D eigenvalue weighted by atomic mass is 10.2. The maximum Gasteiger partial charge on any atom is 0.331 e. The van der Waals surface area contributed by atoms with Gasteiger partial charge in [-0.25, -0.2) is 9.59 Å². The lowest BCUT2D eigenvalue weighted by Crippen LogP contribution is -1.99. The highest BCUT2D eigenvalue weighted by atomic mass is 16.4. The Hall–Kier alpha value is -2.38. The third kappa shape index (κ3) is 16.1. The van der Waals surface area contributed by atoms with Crippen molar-refractivity contribution in [3.05, 3.63) is 11.6 Å². The number of carboxylic acids is 4. The van der Waals surface area contributed by atoms with Gasteiger partial charge in [-0.3, -0.25) is 9.59 Å². The van der Waals surface area contributed by atoms with Crippen molar-refractivity contribution in [1.29, 1.82) is 0 Å². The molecule has 0 spiro atoms. The number of hydrogen-bond donors (Lipinski definition) is 4. The van der Waals surface area contributed by atoms with E-state index in [4.69, 9.17) is 20.4 Å². The number of rotatable bonds is 6. The molecule has 0 atom stereocenters. The molecule has 0 unspecified atom stereocenters. The van der Waals surface area contributed by atoms with Crippen molar-refractivity contribution >= 4 is 23.9 Å². The third-order valence-electron chi connectivity index (χ3n) is 1.46. The summed E-state index contributed by atoms with van der Waals surface area (Å²) in [4.78, 5) is 39.3.